The normalized spacial score (nSPS) is 16.9. The molecule has 2 aromatic rings. The van der Waals surface area contributed by atoms with Gasteiger partial charge in [0, 0.05) is 39.7 Å². The molecule has 1 aromatic carbocycles. The highest BCUT2D eigenvalue weighted by molar-refractivity contribution is 14.0. The number of rotatable bonds is 8. The minimum absolute atomic E-state index is 0. The molecule has 1 aliphatic heterocycles. The van der Waals surface area contributed by atoms with E-state index in [4.69, 9.17) is 9.47 Å². The number of halogens is 1. The fourth-order valence-electron chi connectivity index (χ4n) is 3.17. The second-order valence-electron chi connectivity index (χ2n) is 6.58. The lowest BCUT2D eigenvalue weighted by molar-refractivity contribution is 0.0536. The SMILES string of the molecule is CN=C(NCc1ccc(-n2cncn2)cc1)N1CCC(COCCOC)C1.I. The van der Waals surface area contributed by atoms with Crippen molar-refractivity contribution in [2.45, 2.75) is 13.0 Å². The predicted molar refractivity (Wildman–Crippen MR) is 119 cm³/mol. The number of hydrogen-bond donors (Lipinski definition) is 1. The molecular weight excluding hydrogens is 471 g/mol. The Hall–Kier alpha value is -1.72. The Morgan fingerprint density at radius 3 is 2.79 bits per heavy atom. The zero-order valence-electron chi connectivity index (χ0n) is 16.5. The lowest BCUT2D eigenvalue weighted by Gasteiger charge is -2.22. The third-order valence-electron chi connectivity index (χ3n) is 4.65. The van der Waals surface area contributed by atoms with Crippen LogP contribution in [0.2, 0.25) is 0 Å². The Morgan fingerprint density at radius 1 is 1.29 bits per heavy atom. The van der Waals surface area contributed by atoms with Gasteiger partial charge in [0.05, 0.1) is 25.5 Å². The molecule has 0 saturated carbocycles. The first-order valence-corrected chi connectivity index (χ1v) is 9.26. The number of guanidine groups is 1. The second-order valence-corrected chi connectivity index (χ2v) is 6.58. The van der Waals surface area contributed by atoms with Gasteiger partial charge in [0.15, 0.2) is 5.96 Å². The fraction of sp³-hybridized carbons (Fsp3) is 0.526. The van der Waals surface area contributed by atoms with Crippen LogP contribution in [0.5, 0.6) is 0 Å². The van der Waals surface area contributed by atoms with Crippen molar-refractivity contribution in [1.29, 1.82) is 0 Å². The zero-order chi connectivity index (χ0) is 18.9. The molecule has 1 atom stereocenters. The largest absolute Gasteiger partial charge is 0.382 e. The lowest BCUT2D eigenvalue weighted by Crippen LogP contribution is -2.39. The van der Waals surface area contributed by atoms with E-state index in [1.54, 1.807) is 18.1 Å². The number of benzene rings is 1. The van der Waals surface area contributed by atoms with Crippen molar-refractivity contribution in [1.82, 2.24) is 25.0 Å². The van der Waals surface area contributed by atoms with E-state index >= 15 is 0 Å². The van der Waals surface area contributed by atoms with E-state index in [0.717, 1.165) is 44.3 Å². The minimum Gasteiger partial charge on any atom is -0.382 e. The van der Waals surface area contributed by atoms with Crippen molar-refractivity contribution in [2.75, 3.05) is 47.1 Å². The van der Waals surface area contributed by atoms with Gasteiger partial charge in [0.2, 0.25) is 0 Å². The highest BCUT2D eigenvalue weighted by Gasteiger charge is 2.24. The summed E-state index contributed by atoms with van der Waals surface area (Å²) in [7, 11) is 3.52. The third-order valence-corrected chi connectivity index (χ3v) is 4.65. The molecule has 0 radical (unpaired) electrons. The van der Waals surface area contributed by atoms with Crippen LogP contribution in [0, 0.1) is 5.92 Å². The Bertz CT molecular complexity index is 708. The molecule has 1 fully saturated rings. The molecule has 0 amide bonds. The molecule has 154 valence electrons. The zero-order valence-corrected chi connectivity index (χ0v) is 18.8. The highest BCUT2D eigenvalue weighted by Crippen LogP contribution is 2.17. The first-order chi connectivity index (χ1) is 13.3. The van der Waals surface area contributed by atoms with E-state index in [1.807, 2.05) is 19.2 Å². The van der Waals surface area contributed by atoms with E-state index in [1.165, 1.54) is 11.9 Å². The molecule has 8 nitrogen and oxygen atoms in total. The van der Waals surface area contributed by atoms with Crippen LogP contribution in [0.4, 0.5) is 0 Å². The van der Waals surface area contributed by atoms with Crippen molar-refractivity contribution in [3.63, 3.8) is 0 Å². The summed E-state index contributed by atoms with van der Waals surface area (Å²) in [4.78, 5) is 10.7. The molecule has 2 heterocycles. The van der Waals surface area contributed by atoms with E-state index in [9.17, 15) is 0 Å². The van der Waals surface area contributed by atoms with Gasteiger partial charge < -0.3 is 19.7 Å². The maximum atomic E-state index is 5.67. The molecule has 1 aromatic heterocycles. The predicted octanol–water partition coefficient (Wildman–Crippen LogP) is 1.95. The maximum absolute atomic E-state index is 5.67. The molecule has 0 bridgehead atoms. The van der Waals surface area contributed by atoms with Gasteiger partial charge in [-0.15, -0.1) is 24.0 Å². The molecule has 0 aliphatic carbocycles. The first kappa shape index (κ1) is 22.6. The Morgan fingerprint density at radius 2 is 2.11 bits per heavy atom. The summed E-state index contributed by atoms with van der Waals surface area (Å²) >= 11 is 0. The van der Waals surface area contributed by atoms with Crippen molar-refractivity contribution in [3.05, 3.63) is 42.5 Å². The smallest absolute Gasteiger partial charge is 0.193 e. The number of methoxy groups -OCH3 is 1. The van der Waals surface area contributed by atoms with Gasteiger partial charge >= 0.3 is 0 Å². The maximum Gasteiger partial charge on any atom is 0.193 e. The number of ether oxygens (including phenoxy) is 2. The van der Waals surface area contributed by atoms with Crippen LogP contribution in [0.3, 0.4) is 0 Å². The number of nitrogens with one attached hydrogen (secondary N) is 1. The van der Waals surface area contributed by atoms with Crippen LogP contribution in [0.1, 0.15) is 12.0 Å². The molecule has 1 saturated heterocycles. The van der Waals surface area contributed by atoms with Crippen LogP contribution in [0.15, 0.2) is 41.9 Å². The highest BCUT2D eigenvalue weighted by atomic mass is 127. The number of likely N-dealkylation sites (tertiary alicyclic amines) is 1. The molecule has 28 heavy (non-hydrogen) atoms. The molecule has 0 spiro atoms. The minimum atomic E-state index is 0. The van der Waals surface area contributed by atoms with Gasteiger partial charge in [-0.05, 0) is 24.1 Å². The van der Waals surface area contributed by atoms with Crippen LogP contribution in [-0.4, -0.2) is 72.7 Å². The molecule has 1 unspecified atom stereocenters. The number of aliphatic imine (C=N–C) groups is 1. The summed E-state index contributed by atoms with van der Waals surface area (Å²) in [5.41, 5.74) is 2.19. The average Bonchev–Trinajstić information content (AvgIpc) is 3.39. The summed E-state index contributed by atoms with van der Waals surface area (Å²) in [6.07, 6.45) is 4.35. The topological polar surface area (TPSA) is 76.8 Å². The lowest BCUT2D eigenvalue weighted by atomic mass is 10.1. The summed E-state index contributed by atoms with van der Waals surface area (Å²) in [5.74, 6) is 1.48. The Balaban J connectivity index is 0.00000280. The molecule has 1 aliphatic rings. The molecule has 9 heteroatoms. The Kier molecular flexibility index (Phi) is 9.65. The van der Waals surface area contributed by atoms with Gasteiger partial charge in [-0.3, -0.25) is 4.99 Å². The van der Waals surface area contributed by atoms with E-state index in [-0.39, 0.29) is 24.0 Å². The van der Waals surface area contributed by atoms with Gasteiger partial charge in [-0.1, -0.05) is 12.1 Å². The molecular formula is C19H29IN6O2. The molecule has 3 rings (SSSR count). The van der Waals surface area contributed by atoms with Crippen molar-refractivity contribution >= 4 is 29.9 Å². The van der Waals surface area contributed by atoms with Crippen LogP contribution in [-0.2, 0) is 16.0 Å². The standard InChI is InChI=1S/C19H28N6O2.HI/c1-20-19(24-8-7-17(12-24)13-27-10-9-26-2)22-11-16-3-5-18(6-4-16)25-15-21-14-23-25;/h3-6,14-15,17H,7-13H2,1-2H3,(H,20,22);1H. The summed E-state index contributed by atoms with van der Waals surface area (Å²) in [6.45, 7) is 4.79. The van der Waals surface area contributed by atoms with E-state index in [2.05, 4.69) is 37.4 Å². The van der Waals surface area contributed by atoms with Gasteiger partial charge in [-0.2, -0.15) is 5.10 Å². The van der Waals surface area contributed by atoms with Crippen LogP contribution < -0.4 is 5.32 Å². The summed E-state index contributed by atoms with van der Waals surface area (Å²) in [5, 5.41) is 7.60. The van der Waals surface area contributed by atoms with Crippen LogP contribution in [0.25, 0.3) is 5.69 Å². The van der Waals surface area contributed by atoms with Crippen molar-refractivity contribution in [2.24, 2.45) is 10.9 Å². The van der Waals surface area contributed by atoms with Crippen LogP contribution >= 0.6 is 24.0 Å². The van der Waals surface area contributed by atoms with E-state index in [0.29, 0.717) is 19.1 Å². The van der Waals surface area contributed by atoms with Crippen molar-refractivity contribution in [3.8, 4) is 5.69 Å². The third kappa shape index (κ3) is 6.42. The fourth-order valence-corrected chi connectivity index (χ4v) is 3.17. The number of hydrogen-bond acceptors (Lipinski definition) is 5. The first-order valence-electron chi connectivity index (χ1n) is 9.26. The van der Waals surface area contributed by atoms with Crippen molar-refractivity contribution < 1.29 is 9.47 Å². The van der Waals surface area contributed by atoms with Gasteiger partial charge in [-0.25, -0.2) is 9.67 Å². The quantitative estimate of drug-likeness (QED) is 0.259. The molecule has 1 N–H and O–H groups in total. The van der Waals surface area contributed by atoms with Gasteiger partial charge in [0.1, 0.15) is 12.7 Å². The number of aromatic nitrogens is 3. The number of nitrogens with zero attached hydrogens (tertiary/aromatic N) is 5. The Labute approximate surface area is 183 Å². The summed E-state index contributed by atoms with van der Waals surface area (Å²) in [6, 6.07) is 8.26. The monoisotopic (exact) mass is 500 g/mol. The second kappa shape index (κ2) is 12.0. The average molecular weight is 500 g/mol. The summed E-state index contributed by atoms with van der Waals surface area (Å²) < 4.78 is 12.4. The van der Waals surface area contributed by atoms with E-state index < -0.39 is 0 Å². The van der Waals surface area contributed by atoms with Gasteiger partial charge in [0.25, 0.3) is 0 Å².